The molecule has 25 heavy (non-hydrogen) atoms. The van der Waals surface area contributed by atoms with E-state index in [1.165, 1.54) is 20.8 Å². The number of hydrogen-bond donors (Lipinski definition) is 2. The van der Waals surface area contributed by atoms with Crippen LogP contribution in [0.1, 0.15) is 19.4 Å². The average Bonchev–Trinajstić information content (AvgIpc) is 2.51. The minimum absolute atomic E-state index is 0.154. The highest BCUT2D eigenvalue weighted by Gasteiger charge is 2.11. The normalized spacial score (nSPS) is 9.72. The first-order valence-corrected chi connectivity index (χ1v) is 6.78. The van der Waals surface area contributed by atoms with Gasteiger partial charge in [-0.2, -0.15) is 0 Å². The van der Waals surface area contributed by atoms with Gasteiger partial charge in [-0.3, -0.25) is 9.59 Å². The largest absolute Gasteiger partial charge is 0.308 e. The third-order valence-corrected chi connectivity index (χ3v) is 2.60. The number of carbonyl (C=O) groups is 2. The summed E-state index contributed by atoms with van der Waals surface area (Å²) in [7, 11) is 0. The van der Waals surface area contributed by atoms with Gasteiger partial charge in [0.2, 0.25) is 11.8 Å². The Morgan fingerprint density at radius 3 is 1.92 bits per heavy atom. The van der Waals surface area contributed by atoms with Gasteiger partial charge in [0.25, 0.3) is 0 Å². The molecule has 0 fully saturated rings. The third-order valence-electron chi connectivity index (χ3n) is 2.60. The van der Waals surface area contributed by atoms with Crippen molar-refractivity contribution in [3.8, 4) is 0 Å². The van der Waals surface area contributed by atoms with Gasteiger partial charge in [-0.05, 0) is 6.92 Å². The molecule has 2 aromatic heterocycles. The zero-order valence-corrected chi connectivity index (χ0v) is 13.5. The van der Waals surface area contributed by atoms with Crippen molar-refractivity contribution >= 4 is 23.5 Å². The lowest BCUT2D eigenvalue weighted by atomic mass is 10.2. The molecule has 0 atom stereocenters. The molecule has 2 amide bonds. The van der Waals surface area contributed by atoms with Gasteiger partial charge < -0.3 is 10.6 Å². The van der Waals surface area contributed by atoms with Crippen molar-refractivity contribution in [1.29, 1.82) is 0 Å². The van der Waals surface area contributed by atoms with Crippen LogP contribution in [0.5, 0.6) is 0 Å². The molecule has 134 valence electrons. The second-order valence-corrected chi connectivity index (χ2v) is 4.74. The standard InChI is InChI=1S/C8H8F2N2O.C7H6F2N2O/c1-4-6(9)3-11-8(7(4)10)12-5(2)13;1-4(12)11-7-6(9)2-5(8)3-10-7/h3H,1-2H3,(H,11,12,13);2-3H,1H3,(H,10,11,12). The van der Waals surface area contributed by atoms with Crippen molar-refractivity contribution in [2.45, 2.75) is 20.8 Å². The average molecular weight is 358 g/mol. The highest BCUT2D eigenvalue weighted by atomic mass is 19.1. The van der Waals surface area contributed by atoms with Gasteiger partial charge in [0.1, 0.15) is 11.6 Å². The predicted octanol–water partition coefficient (Wildman–Crippen LogP) is 2.94. The van der Waals surface area contributed by atoms with Gasteiger partial charge in [0.15, 0.2) is 23.3 Å². The number of aromatic nitrogens is 2. The highest BCUT2D eigenvalue weighted by Crippen LogP contribution is 2.16. The van der Waals surface area contributed by atoms with Crippen LogP contribution in [0.2, 0.25) is 0 Å². The maximum absolute atomic E-state index is 13.1. The Balaban J connectivity index is 0.000000251. The monoisotopic (exact) mass is 358 g/mol. The molecular weight excluding hydrogens is 344 g/mol. The Morgan fingerprint density at radius 2 is 1.40 bits per heavy atom. The molecule has 0 bridgehead atoms. The van der Waals surface area contributed by atoms with Crippen molar-refractivity contribution in [2.75, 3.05) is 10.6 Å². The lowest BCUT2D eigenvalue weighted by molar-refractivity contribution is -0.115. The molecule has 0 aliphatic carbocycles. The Labute approximate surface area is 140 Å². The van der Waals surface area contributed by atoms with E-state index >= 15 is 0 Å². The number of anilines is 2. The van der Waals surface area contributed by atoms with E-state index in [0.29, 0.717) is 6.07 Å². The maximum Gasteiger partial charge on any atom is 0.222 e. The molecule has 2 rings (SSSR count). The Bertz CT molecular complexity index is 799. The number of amides is 2. The van der Waals surface area contributed by atoms with E-state index in [2.05, 4.69) is 20.6 Å². The van der Waals surface area contributed by atoms with E-state index in [9.17, 15) is 27.2 Å². The second kappa shape index (κ2) is 8.71. The maximum atomic E-state index is 13.1. The molecule has 0 saturated carbocycles. The first-order chi connectivity index (χ1) is 11.6. The fraction of sp³-hybridized carbons (Fsp3) is 0.200. The SMILES string of the molecule is CC(=O)Nc1ncc(F)c(C)c1F.CC(=O)Nc1ncc(F)cc1F. The van der Waals surface area contributed by atoms with Crippen LogP contribution in [0.25, 0.3) is 0 Å². The molecule has 0 saturated heterocycles. The molecule has 0 spiro atoms. The Hall–Kier alpha value is -3.04. The van der Waals surface area contributed by atoms with Gasteiger partial charge in [-0.1, -0.05) is 0 Å². The number of nitrogens with one attached hydrogen (secondary N) is 2. The van der Waals surface area contributed by atoms with E-state index in [0.717, 1.165) is 12.4 Å². The number of rotatable bonds is 2. The summed E-state index contributed by atoms with van der Waals surface area (Å²) >= 11 is 0. The molecule has 0 aliphatic rings. The number of halogens is 4. The molecule has 0 unspecified atom stereocenters. The Morgan fingerprint density at radius 1 is 0.880 bits per heavy atom. The summed E-state index contributed by atoms with van der Waals surface area (Å²) in [4.78, 5) is 27.7. The number of pyridine rings is 2. The fourth-order valence-electron chi connectivity index (χ4n) is 1.48. The van der Waals surface area contributed by atoms with Crippen LogP contribution in [-0.4, -0.2) is 21.8 Å². The van der Waals surface area contributed by atoms with Crippen LogP contribution in [0.4, 0.5) is 29.2 Å². The predicted molar refractivity (Wildman–Crippen MR) is 81.7 cm³/mol. The Kier molecular flexibility index (Phi) is 6.97. The van der Waals surface area contributed by atoms with Crippen molar-refractivity contribution in [3.05, 3.63) is 47.3 Å². The number of hydrogen-bond acceptors (Lipinski definition) is 4. The zero-order chi connectivity index (χ0) is 19.1. The van der Waals surface area contributed by atoms with E-state index in [-0.39, 0.29) is 17.2 Å². The van der Waals surface area contributed by atoms with Crippen LogP contribution in [0, 0.1) is 30.2 Å². The van der Waals surface area contributed by atoms with Crippen molar-refractivity contribution in [1.82, 2.24) is 9.97 Å². The quantitative estimate of drug-likeness (QED) is 0.809. The molecule has 2 aromatic rings. The van der Waals surface area contributed by atoms with Gasteiger partial charge in [0.05, 0.1) is 12.4 Å². The van der Waals surface area contributed by atoms with E-state index < -0.39 is 35.1 Å². The van der Waals surface area contributed by atoms with Gasteiger partial charge in [0, 0.05) is 25.5 Å². The lowest BCUT2D eigenvalue weighted by Gasteiger charge is -2.04. The molecular formula is C15H14F4N4O2. The van der Waals surface area contributed by atoms with Crippen LogP contribution in [0.15, 0.2) is 18.5 Å². The topological polar surface area (TPSA) is 84.0 Å². The van der Waals surface area contributed by atoms with Crippen molar-refractivity contribution < 1.29 is 27.2 Å². The third kappa shape index (κ3) is 6.16. The molecule has 0 aliphatic heterocycles. The summed E-state index contributed by atoms with van der Waals surface area (Å²) in [5.74, 6) is -4.63. The lowest BCUT2D eigenvalue weighted by Crippen LogP contribution is -2.10. The minimum atomic E-state index is -0.884. The second-order valence-electron chi connectivity index (χ2n) is 4.74. The van der Waals surface area contributed by atoms with Crippen molar-refractivity contribution in [3.63, 3.8) is 0 Å². The first-order valence-electron chi connectivity index (χ1n) is 6.78. The van der Waals surface area contributed by atoms with Crippen LogP contribution >= 0.6 is 0 Å². The molecule has 6 nitrogen and oxygen atoms in total. The first kappa shape index (κ1) is 20.0. The summed E-state index contributed by atoms with van der Waals surface area (Å²) in [6, 6.07) is 0.651. The summed E-state index contributed by atoms with van der Waals surface area (Å²) in [6.45, 7) is 3.71. The minimum Gasteiger partial charge on any atom is -0.308 e. The molecule has 10 heteroatoms. The summed E-state index contributed by atoms with van der Waals surface area (Å²) in [5.41, 5.74) is -0.154. The van der Waals surface area contributed by atoms with Gasteiger partial charge >= 0.3 is 0 Å². The van der Waals surface area contributed by atoms with Gasteiger partial charge in [-0.25, -0.2) is 27.5 Å². The number of nitrogens with zero attached hydrogens (tertiary/aromatic N) is 2. The van der Waals surface area contributed by atoms with Crippen LogP contribution in [0.3, 0.4) is 0 Å². The molecule has 2 N–H and O–H groups in total. The van der Waals surface area contributed by atoms with E-state index in [1.807, 2.05) is 0 Å². The molecule has 0 aromatic carbocycles. The zero-order valence-electron chi connectivity index (χ0n) is 13.5. The van der Waals surface area contributed by atoms with Crippen LogP contribution < -0.4 is 10.6 Å². The van der Waals surface area contributed by atoms with E-state index in [1.54, 1.807) is 0 Å². The summed E-state index contributed by atoms with van der Waals surface area (Å²) in [5, 5.41) is 4.26. The summed E-state index contributed by atoms with van der Waals surface area (Å²) < 4.78 is 50.8. The van der Waals surface area contributed by atoms with Crippen LogP contribution in [-0.2, 0) is 9.59 Å². The molecule has 0 radical (unpaired) electrons. The van der Waals surface area contributed by atoms with Gasteiger partial charge in [-0.15, -0.1) is 0 Å². The highest BCUT2D eigenvalue weighted by molar-refractivity contribution is 5.88. The number of carbonyl (C=O) groups excluding carboxylic acids is 2. The summed E-state index contributed by atoms with van der Waals surface area (Å²) in [6.07, 6.45) is 1.69. The fourth-order valence-corrected chi connectivity index (χ4v) is 1.48. The molecule has 2 heterocycles. The smallest absolute Gasteiger partial charge is 0.222 e. The van der Waals surface area contributed by atoms with Crippen molar-refractivity contribution in [2.24, 2.45) is 0 Å². The van der Waals surface area contributed by atoms with E-state index in [4.69, 9.17) is 0 Å².